The minimum Gasteiger partial charge on any atom is -0.379 e. The number of carbonyl (C=O) groups excluding carboxylic acids is 1. The summed E-state index contributed by atoms with van der Waals surface area (Å²) in [5.74, 6) is -0.262. The number of aryl methyl sites for hydroxylation is 1. The molecule has 21 heavy (non-hydrogen) atoms. The van der Waals surface area contributed by atoms with Crippen molar-refractivity contribution in [3.05, 3.63) is 33.0 Å². The van der Waals surface area contributed by atoms with E-state index in [0.717, 1.165) is 0 Å². The maximum atomic E-state index is 12.7. The van der Waals surface area contributed by atoms with Crippen molar-refractivity contribution < 1.29 is 9.53 Å². The topological polar surface area (TPSA) is 74.1 Å². The minimum atomic E-state index is -0.335. The Balaban J connectivity index is 2.44. The zero-order chi connectivity index (χ0) is 15.1. The average molecular weight is 308 g/mol. The van der Waals surface area contributed by atoms with Gasteiger partial charge in [-0.2, -0.15) is 4.98 Å². The zero-order valence-corrected chi connectivity index (χ0v) is 12.5. The standard InChI is InChI=1S/C14H14ClN3O3/c1-7-10-5-16-14(15)17-12(10)18(9-3-4-21-6-9)13(20)11(7)8(2)19/h5,9H,3-4,6H2,1-2H3/t9-/m0/s1. The van der Waals surface area contributed by atoms with Crippen molar-refractivity contribution in [2.75, 3.05) is 13.2 Å². The predicted molar refractivity (Wildman–Crippen MR) is 78.0 cm³/mol. The van der Waals surface area contributed by atoms with Crippen molar-refractivity contribution in [1.82, 2.24) is 14.5 Å². The molecule has 0 aromatic carbocycles. The molecule has 0 bridgehead atoms. The molecule has 1 fully saturated rings. The van der Waals surface area contributed by atoms with Gasteiger partial charge in [0.25, 0.3) is 5.56 Å². The van der Waals surface area contributed by atoms with Gasteiger partial charge in [-0.15, -0.1) is 0 Å². The quantitative estimate of drug-likeness (QED) is 0.626. The van der Waals surface area contributed by atoms with Crippen molar-refractivity contribution in [3.8, 4) is 0 Å². The number of rotatable bonds is 2. The number of hydrogen-bond donors (Lipinski definition) is 0. The van der Waals surface area contributed by atoms with E-state index in [4.69, 9.17) is 16.3 Å². The second kappa shape index (κ2) is 5.20. The molecular formula is C14H14ClN3O3. The molecule has 0 aliphatic carbocycles. The van der Waals surface area contributed by atoms with Gasteiger partial charge in [0.1, 0.15) is 5.65 Å². The van der Waals surface area contributed by atoms with Crippen molar-refractivity contribution >= 4 is 28.4 Å². The first-order valence-electron chi connectivity index (χ1n) is 6.66. The van der Waals surface area contributed by atoms with E-state index in [-0.39, 0.29) is 28.2 Å². The Bertz CT molecular complexity index is 794. The number of pyridine rings is 1. The van der Waals surface area contributed by atoms with Crippen LogP contribution in [0.25, 0.3) is 11.0 Å². The highest BCUT2D eigenvalue weighted by atomic mass is 35.5. The fraction of sp³-hybridized carbons (Fsp3) is 0.429. The van der Waals surface area contributed by atoms with Gasteiger partial charge in [-0.05, 0) is 37.4 Å². The van der Waals surface area contributed by atoms with Crippen LogP contribution in [-0.2, 0) is 4.74 Å². The van der Waals surface area contributed by atoms with Gasteiger partial charge in [0.2, 0.25) is 5.28 Å². The third kappa shape index (κ3) is 2.24. The first-order chi connectivity index (χ1) is 10.0. The summed E-state index contributed by atoms with van der Waals surface area (Å²) in [6.07, 6.45) is 2.26. The van der Waals surface area contributed by atoms with Crippen molar-refractivity contribution in [2.24, 2.45) is 0 Å². The van der Waals surface area contributed by atoms with Gasteiger partial charge in [0.05, 0.1) is 18.2 Å². The highest BCUT2D eigenvalue weighted by Gasteiger charge is 2.26. The van der Waals surface area contributed by atoms with E-state index >= 15 is 0 Å². The molecular weight excluding hydrogens is 294 g/mol. The molecule has 3 heterocycles. The van der Waals surface area contributed by atoms with Crippen LogP contribution in [0.15, 0.2) is 11.0 Å². The molecule has 0 saturated carbocycles. The third-order valence-electron chi connectivity index (χ3n) is 3.80. The lowest BCUT2D eigenvalue weighted by Crippen LogP contribution is -2.31. The molecule has 7 heteroatoms. The van der Waals surface area contributed by atoms with E-state index in [2.05, 4.69) is 9.97 Å². The van der Waals surface area contributed by atoms with Gasteiger partial charge < -0.3 is 4.74 Å². The number of hydrogen-bond acceptors (Lipinski definition) is 5. The maximum Gasteiger partial charge on any atom is 0.263 e. The summed E-state index contributed by atoms with van der Waals surface area (Å²) in [4.78, 5) is 32.7. The maximum absolute atomic E-state index is 12.7. The lowest BCUT2D eigenvalue weighted by Gasteiger charge is -2.18. The number of nitrogens with zero attached hydrogens (tertiary/aromatic N) is 3. The fourth-order valence-corrected chi connectivity index (χ4v) is 2.92. The smallest absolute Gasteiger partial charge is 0.263 e. The summed E-state index contributed by atoms with van der Waals surface area (Å²) < 4.78 is 6.88. The number of fused-ring (bicyclic) bond motifs is 1. The molecule has 2 aromatic heterocycles. The SMILES string of the molecule is CC(=O)c1c(C)c2cnc(Cl)nc2n([C@H]2CCOC2)c1=O. The number of Topliss-reactive ketones (excluding diaryl/α,β-unsaturated/α-hetero) is 1. The van der Waals surface area contributed by atoms with E-state index in [0.29, 0.717) is 36.2 Å². The molecule has 0 radical (unpaired) electrons. The van der Waals surface area contributed by atoms with E-state index in [9.17, 15) is 9.59 Å². The Morgan fingerprint density at radius 3 is 2.90 bits per heavy atom. The number of aromatic nitrogens is 3. The Labute approximate surface area is 125 Å². The lowest BCUT2D eigenvalue weighted by molar-refractivity contribution is 0.101. The number of carbonyl (C=O) groups is 1. The van der Waals surface area contributed by atoms with Crippen LogP contribution in [0.3, 0.4) is 0 Å². The van der Waals surface area contributed by atoms with Crippen molar-refractivity contribution in [2.45, 2.75) is 26.3 Å². The van der Waals surface area contributed by atoms with Gasteiger partial charge in [-0.1, -0.05) is 0 Å². The van der Waals surface area contributed by atoms with E-state index < -0.39 is 0 Å². The Morgan fingerprint density at radius 2 is 2.29 bits per heavy atom. The molecule has 110 valence electrons. The Hall–Kier alpha value is -1.79. The lowest BCUT2D eigenvalue weighted by atomic mass is 10.0. The third-order valence-corrected chi connectivity index (χ3v) is 3.98. The molecule has 3 rings (SSSR count). The normalized spacial score (nSPS) is 18.3. The molecule has 1 saturated heterocycles. The molecule has 0 spiro atoms. The van der Waals surface area contributed by atoms with Crippen LogP contribution in [0.2, 0.25) is 5.28 Å². The van der Waals surface area contributed by atoms with Gasteiger partial charge in [0.15, 0.2) is 5.78 Å². The largest absolute Gasteiger partial charge is 0.379 e. The number of ketones is 1. The van der Waals surface area contributed by atoms with Crippen LogP contribution in [0.1, 0.15) is 35.3 Å². The highest BCUT2D eigenvalue weighted by molar-refractivity contribution is 6.28. The first-order valence-corrected chi connectivity index (χ1v) is 7.04. The van der Waals surface area contributed by atoms with Crippen molar-refractivity contribution in [3.63, 3.8) is 0 Å². The van der Waals surface area contributed by atoms with Gasteiger partial charge >= 0.3 is 0 Å². The van der Waals surface area contributed by atoms with E-state index in [1.807, 2.05) is 0 Å². The molecule has 0 amide bonds. The number of ether oxygens (including phenoxy) is 1. The minimum absolute atomic E-state index is 0.0736. The number of halogens is 1. The monoisotopic (exact) mass is 307 g/mol. The molecule has 1 aliphatic heterocycles. The first kappa shape index (κ1) is 14.2. The predicted octanol–water partition coefficient (Wildman–Crippen LogP) is 1.92. The summed E-state index contributed by atoms with van der Waals surface area (Å²) in [7, 11) is 0. The van der Waals surface area contributed by atoms with Crippen LogP contribution in [0.5, 0.6) is 0 Å². The zero-order valence-electron chi connectivity index (χ0n) is 11.7. The highest BCUT2D eigenvalue weighted by Crippen LogP contribution is 2.25. The summed E-state index contributed by atoms with van der Waals surface area (Å²) >= 11 is 5.87. The molecule has 6 nitrogen and oxygen atoms in total. The van der Waals surface area contributed by atoms with Crippen LogP contribution in [0, 0.1) is 6.92 Å². The van der Waals surface area contributed by atoms with E-state index in [1.54, 1.807) is 13.1 Å². The summed E-state index contributed by atoms with van der Waals surface area (Å²) in [5, 5.41) is 0.737. The molecule has 1 atom stereocenters. The van der Waals surface area contributed by atoms with E-state index in [1.165, 1.54) is 11.5 Å². The van der Waals surface area contributed by atoms with Crippen molar-refractivity contribution in [1.29, 1.82) is 0 Å². The Kier molecular flexibility index (Phi) is 3.51. The second-order valence-electron chi connectivity index (χ2n) is 5.13. The molecule has 0 N–H and O–H groups in total. The molecule has 2 aromatic rings. The van der Waals surface area contributed by atoms with Crippen LogP contribution in [-0.4, -0.2) is 33.5 Å². The van der Waals surface area contributed by atoms with Gasteiger partial charge in [-0.25, -0.2) is 4.98 Å². The summed E-state index contributed by atoms with van der Waals surface area (Å²) in [6, 6.07) is -0.135. The summed E-state index contributed by atoms with van der Waals surface area (Å²) in [6.45, 7) is 4.13. The molecule has 0 unspecified atom stereocenters. The van der Waals surface area contributed by atoms with Gasteiger partial charge in [-0.3, -0.25) is 14.2 Å². The van der Waals surface area contributed by atoms with Crippen LogP contribution >= 0.6 is 11.6 Å². The Morgan fingerprint density at radius 1 is 1.52 bits per heavy atom. The second-order valence-corrected chi connectivity index (χ2v) is 5.46. The van der Waals surface area contributed by atoms with Gasteiger partial charge in [0, 0.05) is 18.2 Å². The van der Waals surface area contributed by atoms with Crippen LogP contribution < -0.4 is 5.56 Å². The summed E-state index contributed by atoms with van der Waals surface area (Å²) in [5.41, 5.74) is 0.894. The van der Waals surface area contributed by atoms with Crippen LogP contribution in [0.4, 0.5) is 0 Å². The molecule has 1 aliphatic rings. The fourth-order valence-electron chi connectivity index (χ4n) is 2.79. The average Bonchev–Trinajstić information content (AvgIpc) is 2.91.